The van der Waals surface area contributed by atoms with Crippen LogP contribution in [0, 0.1) is 5.92 Å². The molecule has 0 spiro atoms. The predicted molar refractivity (Wildman–Crippen MR) is 79.7 cm³/mol. The van der Waals surface area contributed by atoms with Crippen molar-refractivity contribution in [3.8, 4) is 0 Å². The van der Waals surface area contributed by atoms with E-state index in [0.717, 1.165) is 19.4 Å². The number of hydrogen-bond donors (Lipinski definition) is 1. The molecule has 2 amide bonds. The Morgan fingerprint density at radius 1 is 1.30 bits per heavy atom. The molecule has 3 heterocycles. The Morgan fingerprint density at radius 3 is 2.83 bits per heavy atom. The van der Waals surface area contributed by atoms with Gasteiger partial charge in [-0.15, -0.1) is 5.10 Å². The molecule has 1 aromatic rings. The smallest absolute Gasteiger partial charge is 0.273 e. The van der Waals surface area contributed by atoms with E-state index in [0.29, 0.717) is 31.3 Å². The first-order chi connectivity index (χ1) is 11.2. The van der Waals surface area contributed by atoms with Gasteiger partial charge in [0.2, 0.25) is 0 Å². The second-order valence-corrected chi connectivity index (χ2v) is 6.64. The van der Waals surface area contributed by atoms with Gasteiger partial charge < -0.3 is 15.0 Å². The van der Waals surface area contributed by atoms with Gasteiger partial charge in [0, 0.05) is 26.2 Å². The monoisotopic (exact) mass is 319 g/mol. The van der Waals surface area contributed by atoms with E-state index in [-0.39, 0.29) is 24.0 Å². The Hall–Kier alpha value is -1.96. The van der Waals surface area contributed by atoms with Crippen LogP contribution in [-0.4, -0.2) is 64.1 Å². The number of ether oxygens (including phenoxy) is 1. The highest BCUT2D eigenvalue weighted by molar-refractivity contribution is 5.91. The van der Waals surface area contributed by atoms with Crippen LogP contribution in [0.2, 0.25) is 0 Å². The molecule has 0 radical (unpaired) electrons. The Kier molecular flexibility index (Phi) is 3.76. The fraction of sp³-hybridized carbons (Fsp3) is 0.733. The first-order valence-electron chi connectivity index (χ1n) is 8.31. The molecule has 4 rings (SSSR count). The molecule has 3 aliphatic rings. The van der Waals surface area contributed by atoms with Gasteiger partial charge in [0.1, 0.15) is 6.10 Å². The van der Waals surface area contributed by atoms with Crippen molar-refractivity contribution in [2.75, 3.05) is 26.2 Å². The van der Waals surface area contributed by atoms with E-state index in [1.807, 2.05) is 0 Å². The fourth-order valence-electron chi connectivity index (χ4n) is 2.99. The summed E-state index contributed by atoms with van der Waals surface area (Å²) in [4.78, 5) is 25.9. The molecule has 0 aromatic carbocycles. The van der Waals surface area contributed by atoms with Crippen LogP contribution in [-0.2, 0) is 9.53 Å². The molecular formula is C15H21N5O3. The number of hydrogen-bond acceptors (Lipinski definition) is 5. The van der Waals surface area contributed by atoms with E-state index in [4.69, 9.17) is 4.74 Å². The zero-order valence-corrected chi connectivity index (χ0v) is 13.0. The second-order valence-electron chi connectivity index (χ2n) is 6.64. The van der Waals surface area contributed by atoms with Crippen molar-refractivity contribution in [3.63, 3.8) is 0 Å². The van der Waals surface area contributed by atoms with Gasteiger partial charge in [-0.2, -0.15) is 0 Å². The quantitative estimate of drug-likeness (QED) is 0.824. The summed E-state index contributed by atoms with van der Waals surface area (Å²) in [5.41, 5.74) is 0.342. The van der Waals surface area contributed by atoms with Crippen molar-refractivity contribution in [1.82, 2.24) is 25.2 Å². The summed E-state index contributed by atoms with van der Waals surface area (Å²) in [5, 5.41) is 10.8. The first-order valence-corrected chi connectivity index (χ1v) is 8.31. The molecule has 1 N–H and O–H groups in total. The van der Waals surface area contributed by atoms with Gasteiger partial charge >= 0.3 is 0 Å². The highest BCUT2D eigenvalue weighted by Crippen LogP contribution is 2.27. The van der Waals surface area contributed by atoms with Crippen molar-refractivity contribution in [3.05, 3.63) is 11.9 Å². The summed E-state index contributed by atoms with van der Waals surface area (Å²) >= 11 is 0. The Bertz CT molecular complexity index is 600. The maximum absolute atomic E-state index is 12.2. The third-order valence-corrected chi connectivity index (χ3v) is 4.74. The van der Waals surface area contributed by atoms with Crippen molar-refractivity contribution in [2.45, 2.75) is 37.8 Å². The normalized spacial score (nSPS) is 24.5. The van der Waals surface area contributed by atoms with E-state index in [1.165, 1.54) is 12.8 Å². The molecule has 1 aliphatic carbocycles. The predicted octanol–water partition coefficient (Wildman–Crippen LogP) is -0.0198. The van der Waals surface area contributed by atoms with E-state index in [1.54, 1.807) is 15.8 Å². The second kappa shape index (κ2) is 5.92. The average Bonchev–Trinajstić information content (AvgIpc) is 3.00. The molecule has 1 atom stereocenters. The van der Waals surface area contributed by atoms with Crippen molar-refractivity contribution < 1.29 is 14.3 Å². The lowest BCUT2D eigenvalue weighted by atomic mass is 10.1. The van der Waals surface area contributed by atoms with Crippen LogP contribution in [0.3, 0.4) is 0 Å². The topological polar surface area (TPSA) is 89.4 Å². The minimum absolute atomic E-state index is 0.0706. The van der Waals surface area contributed by atoms with Crippen LogP contribution in [0.4, 0.5) is 0 Å². The van der Waals surface area contributed by atoms with Gasteiger partial charge in [-0.3, -0.25) is 9.59 Å². The van der Waals surface area contributed by atoms with Crippen LogP contribution < -0.4 is 5.32 Å². The highest BCUT2D eigenvalue weighted by Gasteiger charge is 2.37. The summed E-state index contributed by atoms with van der Waals surface area (Å²) in [5.74, 6) is 0.536. The summed E-state index contributed by atoms with van der Waals surface area (Å²) in [6, 6.07) is 0.0952. The standard InChI is InChI=1S/C15H21N5O3/c21-14(16-6-10-3-4-10)12-9-20(18-17-12)11-7-19(8-11)15(22)13-2-1-5-23-13/h9-11,13H,1-8H2,(H,16,21). The molecule has 124 valence electrons. The zero-order chi connectivity index (χ0) is 15.8. The zero-order valence-electron chi connectivity index (χ0n) is 13.0. The Balaban J connectivity index is 1.28. The minimum Gasteiger partial charge on any atom is -0.368 e. The summed E-state index contributed by atoms with van der Waals surface area (Å²) in [7, 11) is 0. The Morgan fingerprint density at radius 2 is 2.13 bits per heavy atom. The number of likely N-dealkylation sites (tertiary alicyclic amines) is 1. The number of aromatic nitrogens is 3. The van der Waals surface area contributed by atoms with Crippen LogP contribution >= 0.6 is 0 Å². The number of rotatable bonds is 5. The van der Waals surface area contributed by atoms with Gasteiger partial charge in [-0.25, -0.2) is 4.68 Å². The number of carbonyl (C=O) groups is 2. The molecule has 1 unspecified atom stereocenters. The van der Waals surface area contributed by atoms with Gasteiger partial charge in [-0.1, -0.05) is 5.21 Å². The lowest BCUT2D eigenvalue weighted by molar-refractivity contribution is -0.147. The molecule has 3 fully saturated rings. The summed E-state index contributed by atoms with van der Waals surface area (Å²) in [6.45, 7) is 2.60. The molecule has 8 nitrogen and oxygen atoms in total. The van der Waals surface area contributed by atoms with Crippen LogP contribution in [0.25, 0.3) is 0 Å². The fourth-order valence-corrected chi connectivity index (χ4v) is 2.99. The summed E-state index contributed by atoms with van der Waals surface area (Å²) in [6.07, 6.45) is 5.56. The maximum atomic E-state index is 12.2. The molecule has 2 aliphatic heterocycles. The molecule has 1 saturated carbocycles. The molecule has 23 heavy (non-hydrogen) atoms. The van der Waals surface area contributed by atoms with Gasteiger partial charge in [-0.05, 0) is 31.6 Å². The molecule has 8 heteroatoms. The minimum atomic E-state index is -0.268. The number of carbonyl (C=O) groups excluding carboxylic acids is 2. The van der Waals surface area contributed by atoms with E-state index < -0.39 is 0 Å². The van der Waals surface area contributed by atoms with Gasteiger partial charge in [0.25, 0.3) is 11.8 Å². The van der Waals surface area contributed by atoms with Gasteiger partial charge in [0.05, 0.1) is 12.2 Å². The van der Waals surface area contributed by atoms with Gasteiger partial charge in [0.15, 0.2) is 5.69 Å². The average molecular weight is 319 g/mol. The SMILES string of the molecule is O=C(NCC1CC1)c1cn(C2CN(C(=O)C3CCCO3)C2)nn1. The number of nitrogens with zero attached hydrogens (tertiary/aromatic N) is 4. The lowest BCUT2D eigenvalue weighted by Crippen LogP contribution is -2.54. The van der Waals surface area contributed by atoms with E-state index >= 15 is 0 Å². The maximum Gasteiger partial charge on any atom is 0.273 e. The van der Waals surface area contributed by atoms with Crippen LogP contribution in [0.1, 0.15) is 42.2 Å². The number of amides is 2. The van der Waals surface area contributed by atoms with E-state index in [9.17, 15) is 9.59 Å². The van der Waals surface area contributed by atoms with Crippen molar-refractivity contribution in [1.29, 1.82) is 0 Å². The molecule has 0 bridgehead atoms. The van der Waals surface area contributed by atoms with E-state index in [2.05, 4.69) is 15.6 Å². The molecule has 1 aromatic heterocycles. The summed E-state index contributed by atoms with van der Waals surface area (Å²) < 4.78 is 7.11. The van der Waals surface area contributed by atoms with Crippen molar-refractivity contribution >= 4 is 11.8 Å². The molecule has 2 saturated heterocycles. The lowest BCUT2D eigenvalue weighted by Gasteiger charge is -2.39. The van der Waals surface area contributed by atoms with Crippen molar-refractivity contribution in [2.24, 2.45) is 5.92 Å². The van der Waals surface area contributed by atoms with Crippen LogP contribution in [0.5, 0.6) is 0 Å². The number of nitrogens with one attached hydrogen (secondary N) is 1. The van der Waals surface area contributed by atoms with Crippen LogP contribution in [0.15, 0.2) is 6.20 Å². The Labute approximate surface area is 134 Å². The largest absolute Gasteiger partial charge is 0.368 e. The highest BCUT2D eigenvalue weighted by atomic mass is 16.5. The molecular weight excluding hydrogens is 298 g/mol. The first kappa shape index (κ1) is 14.6. The third kappa shape index (κ3) is 3.08. The third-order valence-electron chi connectivity index (χ3n) is 4.74.